The normalized spacial score (nSPS) is 14.3. The smallest absolute Gasteiger partial charge is 0.253 e. The van der Waals surface area contributed by atoms with Crippen LogP contribution in [0.3, 0.4) is 0 Å². The van der Waals surface area contributed by atoms with E-state index in [1.54, 1.807) is 12.1 Å². The van der Waals surface area contributed by atoms with E-state index in [9.17, 15) is 9.18 Å². The molecule has 0 atom stereocenters. The Kier molecular flexibility index (Phi) is 7.63. The van der Waals surface area contributed by atoms with Crippen LogP contribution in [0, 0.1) is 5.82 Å². The molecule has 1 fully saturated rings. The van der Waals surface area contributed by atoms with Crippen LogP contribution in [0.5, 0.6) is 5.75 Å². The van der Waals surface area contributed by atoms with Crippen LogP contribution in [0.25, 0.3) is 0 Å². The largest absolute Gasteiger partial charge is 0.489 e. The number of benzene rings is 3. The van der Waals surface area contributed by atoms with E-state index >= 15 is 0 Å². The first-order chi connectivity index (χ1) is 16.0. The van der Waals surface area contributed by atoms with Crippen LogP contribution in [0.4, 0.5) is 4.39 Å². The average Bonchev–Trinajstić information content (AvgIpc) is 2.85. The Labute approximate surface area is 199 Å². The minimum Gasteiger partial charge on any atom is -0.489 e. The van der Waals surface area contributed by atoms with Crippen molar-refractivity contribution in [2.45, 2.75) is 26.5 Å². The molecule has 0 aliphatic carbocycles. The maximum Gasteiger partial charge on any atom is 0.253 e. The highest BCUT2D eigenvalue weighted by Crippen LogP contribution is 2.22. The van der Waals surface area contributed by atoms with Gasteiger partial charge in [0.1, 0.15) is 18.2 Å². The molecule has 1 aliphatic heterocycles. The Bertz CT molecular complexity index is 1080. The molecule has 0 unspecified atom stereocenters. The average molecular weight is 467 g/mol. The number of hydrogen-bond acceptors (Lipinski definition) is 3. The van der Waals surface area contributed by atoms with Gasteiger partial charge in [-0.05, 0) is 53.9 Å². The number of aryl methyl sites for hydroxylation is 1. The number of carbonyl (C=O) groups excluding carboxylic acids is 1. The van der Waals surface area contributed by atoms with Gasteiger partial charge in [-0.1, -0.05) is 48.9 Å². The van der Waals surface area contributed by atoms with E-state index in [1.165, 1.54) is 11.6 Å². The summed E-state index contributed by atoms with van der Waals surface area (Å²) in [5.74, 6) is 0.532. The van der Waals surface area contributed by atoms with E-state index in [0.717, 1.165) is 17.7 Å². The van der Waals surface area contributed by atoms with Crippen LogP contribution in [0.2, 0.25) is 5.02 Å². The minimum absolute atomic E-state index is 0.00715. The maximum atomic E-state index is 14.1. The summed E-state index contributed by atoms with van der Waals surface area (Å²) in [4.78, 5) is 17.0. The molecule has 0 N–H and O–H groups in total. The molecule has 3 aromatic carbocycles. The van der Waals surface area contributed by atoms with Crippen molar-refractivity contribution >= 4 is 17.5 Å². The lowest BCUT2D eigenvalue weighted by Gasteiger charge is -2.35. The first-order valence-electron chi connectivity index (χ1n) is 11.3. The van der Waals surface area contributed by atoms with Crippen molar-refractivity contribution in [1.29, 1.82) is 0 Å². The monoisotopic (exact) mass is 466 g/mol. The van der Waals surface area contributed by atoms with Gasteiger partial charge in [0.05, 0.1) is 0 Å². The van der Waals surface area contributed by atoms with Gasteiger partial charge in [-0.25, -0.2) is 4.39 Å². The highest BCUT2D eigenvalue weighted by Gasteiger charge is 2.23. The number of carbonyl (C=O) groups is 1. The summed E-state index contributed by atoms with van der Waals surface area (Å²) in [6.07, 6.45) is 0.996. The van der Waals surface area contributed by atoms with Crippen LogP contribution >= 0.6 is 11.6 Å². The SMILES string of the molecule is CCc1ccc(OCc2cccc(C(=O)N3CCN(Cc4c(F)cccc4Cl)CC3)c2)cc1. The molecular formula is C27H28ClFN2O2. The molecule has 0 radical (unpaired) electrons. The van der Waals surface area contributed by atoms with E-state index in [1.807, 2.05) is 41.3 Å². The van der Waals surface area contributed by atoms with Crippen LogP contribution < -0.4 is 4.74 Å². The Balaban J connectivity index is 1.32. The summed E-state index contributed by atoms with van der Waals surface area (Å²) in [7, 11) is 0. The first kappa shape index (κ1) is 23.3. The van der Waals surface area contributed by atoms with Gasteiger partial charge in [-0.2, -0.15) is 0 Å². The fraction of sp³-hybridized carbons (Fsp3) is 0.296. The zero-order chi connectivity index (χ0) is 23.2. The van der Waals surface area contributed by atoms with Gasteiger partial charge in [0.2, 0.25) is 0 Å². The second kappa shape index (κ2) is 10.8. The van der Waals surface area contributed by atoms with Crippen LogP contribution in [-0.2, 0) is 19.6 Å². The predicted molar refractivity (Wildman–Crippen MR) is 129 cm³/mol. The van der Waals surface area contributed by atoms with Gasteiger partial charge in [-0.15, -0.1) is 0 Å². The Morgan fingerprint density at radius 1 is 0.970 bits per heavy atom. The van der Waals surface area contributed by atoms with Gasteiger partial charge < -0.3 is 9.64 Å². The Hall–Kier alpha value is -2.89. The molecule has 0 spiro atoms. The van der Waals surface area contributed by atoms with Gasteiger partial charge in [-0.3, -0.25) is 9.69 Å². The van der Waals surface area contributed by atoms with E-state index in [0.29, 0.717) is 55.5 Å². The van der Waals surface area contributed by atoms with Crippen LogP contribution in [0.15, 0.2) is 66.7 Å². The molecule has 3 aromatic rings. The van der Waals surface area contributed by atoms with E-state index in [-0.39, 0.29) is 11.7 Å². The molecule has 4 rings (SSSR count). The van der Waals surface area contributed by atoms with Crippen molar-refractivity contribution in [3.05, 3.63) is 99.8 Å². The number of halogens is 2. The number of hydrogen-bond donors (Lipinski definition) is 0. The summed E-state index contributed by atoms with van der Waals surface area (Å²) in [6.45, 7) is 5.51. The second-order valence-corrected chi connectivity index (χ2v) is 8.66. The second-order valence-electron chi connectivity index (χ2n) is 8.26. The van der Waals surface area contributed by atoms with Gasteiger partial charge in [0, 0.05) is 48.9 Å². The molecule has 33 heavy (non-hydrogen) atoms. The van der Waals surface area contributed by atoms with Gasteiger partial charge in [0.25, 0.3) is 5.91 Å². The summed E-state index contributed by atoms with van der Waals surface area (Å²) in [5.41, 5.74) is 3.39. The number of nitrogens with zero attached hydrogens (tertiary/aromatic N) is 2. The van der Waals surface area contributed by atoms with Gasteiger partial charge >= 0.3 is 0 Å². The Morgan fingerprint density at radius 3 is 2.39 bits per heavy atom. The predicted octanol–water partition coefficient (Wildman–Crippen LogP) is 5.58. The summed E-state index contributed by atoms with van der Waals surface area (Å²) < 4.78 is 20.0. The topological polar surface area (TPSA) is 32.8 Å². The lowest BCUT2D eigenvalue weighted by atomic mass is 10.1. The number of piperazine rings is 1. The molecule has 0 saturated carbocycles. The molecule has 1 saturated heterocycles. The van der Waals surface area contributed by atoms with E-state index < -0.39 is 0 Å². The minimum atomic E-state index is -0.290. The lowest BCUT2D eigenvalue weighted by Crippen LogP contribution is -2.48. The van der Waals surface area contributed by atoms with Crippen molar-refractivity contribution in [2.24, 2.45) is 0 Å². The third-order valence-electron chi connectivity index (χ3n) is 6.01. The molecule has 1 heterocycles. The van der Waals surface area contributed by atoms with Gasteiger partial charge in [0.15, 0.2) is 0 Å². The highest BCUT2D eigenvalue weighted by molar-refractivity contribution is 6.31. The van der Waals surface area contributed by atoms with Crippen molar-refractivity contribution in [3.8, 4) is 5.75 Å². The quantitative estimate of drug-likeness (QED) is 0.455. The molecule has 0 aromatic heterocycles. The third kappa shape index (κ3) is 5.92. The fourth-order valence-corrected chi connectivity index (χ4v) is 4.20. The van der Waals surface area contributed by atoms with E-state index in [2.05, 4.69) is 24.0 Å². The summed E-state index contributed by atoms with van der Waals surface area (Å²) in [5, 5.41) is 0.439. The Morgan fingerprint density at radius 2 is 1.70 bits per heavy atom. The van der Waals surface area contributed by atoms with Crippen molar-refractivity contribution < 1.29 is 13.9 Å². The number of rotatable bonds is 7. The molecule has 4 nitrogen and oxygen atoms in total. The van der Waals surface area contributed by atoms with Crippen LogP contribution in [0.1, 0.15) is 34.0 Å². The highest BCUT2D eigenvalue weighted by atomic mass is 35.5. The molecule has 6 heteroatoms. The standard InChI is InChI=1S/C27H28ClFN2O2/c1-2-20-9-11-23(12-10-20)33-19-21-5-3-6-22(17-21)27(32)31-15-13-30(14-16-31)18-24-25(28)7-4-8-26(24)29/h3-12,17H,2,13-16,18-19H2,1H3. The zero-order valence-electron chi connectivity index (χ0n) is 18.8. The van der Waals surface area contributed by atoms with Crippen molar-refractivity contribution in [2.75, 3.05) is 26.2 Å². The third-order valence-corrected chi connectivity index (χ3v) is 6.37. The van der Waals surface area contributed by atoms with Crippen LogP contribution in [-0.4, -0.2) is 41.9 Å². The molecule has 1 aliphatic rings. The fourth-order valence-electron chi connectivity index (χ4n) is 3.98. The summed E-state index contributed by atoms with van der Waals surface area (Å²) in [6, 6.07) is 20.4. The molecule has 1 amide bonds. The maximum absolute atomic E-state index is 14.1. The summed E-state index contributed by atoms with van der Waals surface area (Å²) >= 11 is 6.16. The molecule has 172 valence electrons. The van der Waals surface area contributed by atoms with Crippen molar-refractivity contribution in [1.82, 2.24) is 9.80 Å². The zero-order valence-corrected chi connectivity index (χ0v) is 19.5. The number of ether oxygens (including phenoxy) is 1. The van der Waals surface area contributed by atoms with Crippen molar-refractivity contribution in [3.63, 3.8) is 0 Å². The molecule has 0 bridgehead atoms. The number of amides is 1. The van der Waals surface area contributed by atoms with E-state index in [4.69, 9.17) is 16.3 Å². The first-order valence-corrected chi connectivity index (χ1v) is 11.7. The molecular weight excluding hydrogens is 439 g/mol. The lowest BCUT2D eigenvalue weighted by molar-refractivity contribution is 0.0627.